The predicted molar refractivity (Wildman–Crippen MR) is 72.8 cm³/mol. The van der Waals surface area contributed by atoms with Gasteiger partial charge in [0.2, 0.25) is 5.66 Å². The molecule has 0 N–H and O–H groups in total. The van der Waals surface area contributed by atoms with E-state index in [-0.39, 0.29) is 11.8 Å². The Morgan fingerprint density at radius 3 is 2.42 bits per heavy atom. The fourth-order valence-electron chi connectivity index (χ4n) is 1.72. The predicted octanol–water partition coefficient (Wildman–Crippen LogP) is 2.73. The van der Waals surface area contributed by atoms with Gasteiger partial charge < -0.3 is 9.47 Å². The lowest BCUT2D eigenvalue weighted by Gasteiger charge is -2.09. The fraction of sp³-hybridized carbons (Fsp3) is 0.467. The minimum Gasteiger partial charge on any atom is -0.382 e. The van der Waals surface area contributed by atoms with Crippen LogP contribution in [-0.2, 0) is 15.1 Å². The molecule has 1 aromatic carbocycles. The van der Waals surface area contributed by atoms with Crippen molar-refractivity contribution < 1.29 is 9.47 Å². The van der Waals surface area contributed by atoms with Crippen LogP contribution in [0.15, 0.2) is 34.5 Å². The molecule has 1 unspecified atom stereocenters. The first-order valence-corrected chi connectivity index (χ1v) is 6.23. The Bertz CT molecular complexity index is 505. The summed E-state index contributed by atoms with van der Waals surface area (Å²) in [5, 5.41) is 8.02. The maximum Gasteiger partial charge on any atom is 0.213 e. The van der Waals surface area contributed by atoms with Crippen LogP contribution >= 0.6 is 0 Å². The van der Waals surface area contributed by atoms with E-state index >= 15 is 0 Å². The highest BCUT2D eigenvalue weighted by Crippen LogP contribution is 2.38. The van der Waals surface area contributed by atoms with Crippen molar-refractivity contribution in [3.8, 4) is 11.8 Å². The van der Waals surface area contributed by atoms with Gasteiger partial charge in [0.1, 0.15) is 0 Å². The Morgan fingerprint density at radius 1 is 1.21 bits per heavy atom. The van der Waals surface area contributed by atoms with Gasteiger partial charge in [0.15, 0.2) is 0 Å². The molecule has 2 rings (SSSR count). The van der Waals surface area contributed by atoms with Crippen LogP contribution in [0.2, 0.25) is 0 Å². The van der Waals surface area contributed by atoms with Crippen molar-refractivity contribution in [2.24, 2.45) is 10.2 Å². The number of ether oxygens (including phenoxy) is 2. The van der Waals surface area contributed by atoms with E-state index in [9.17, 15) is 0 Å². The molecule has 4 heteroatoms. The second kappa shape index (κ2) is 5.96. The van der Waals surface area contributed by atoms with Gasteiger partial charge in [-0.05, 0) is 19.1 Å². The van der Waals surface area contributed by atoms with Crippen molar-refractivity contribution in [2.45, 2.75) is 25.1 Å². The number of hydrogen-bond acceptors (Lipinski definition) is 4. The summed E-state index contributed by atoms with van der Waals surface area (Å²) in [6, 6.07) is 8.03. The van der Waals surface area contributed by atoms with E-state index in [0.717, 1.165) is 11.1 Å². The minimum atomic E-state index is -0.314. The molecule has 4 nitrogen and oxygen atoms in total. The van der Waals surface area contributed by atoms with Gasteiger partial charge in [-0.2, -0.15) is 10.2 Å². The van der Waals surface area contributed by atoms with Crippen LogP contribution < -0.4 is 0 Å². The molecule has 1 atom stereocenters. The summed E-state index contributed by atoms with van der Waals surface area (Å²) in [5.74, 6) is 6.23. The van der Waals surface area contributed by atoms with Gasteiger partial charge in [-0.25, -0.2) is 0 Å². The third-order valence-electron chi connectivity index (χ3n) is 3.08. The molecule has 100 valence electrons. The summed E-state index contributed by atoms with van der Waals surface area (Å²) in [7, 11) is 3.33. The largest absolute Gasteiger partial charge is 0.382 e. The number of hydrogen-bond donors (Lipinski definition) is 0. The molecule has 1 heterocycles. The van der Waals surface area contributed by atoms with Crippen LogP contribution in [0.1, 0.15) is 24.5 Å². The van der Waals surface area contributed by atoms with Crippen LogP contribution in [0.4, 0.5) is 0 Å². The maximum absolute atomic E-state index is 5.25. The topological polar surface area (TPSA) is 43.2 Å². The van der Waals surface area contributed by atoms with Gasteiger partial charge in [-0.1, -0.05) is 24.0 Å². The minimum absolute atomic E-state index is 0.0275. The highest BCUT2D eigenvalue weighted by molar-refractivity contribution is 5.38. The Kier molecular flexibility index (Phi) is 4.31. The molecule has 1 aromatic rings. The van der Waals surface area contributed by atoms with Gasteiger partial charge >= 0.3 is 0 Å². The zero-order chi connectivity index (χ0) is 13.7. The molecule has 0 spiro atoms. The summed E-state index contributed by atoms with van der Waals surface area (Å²) in [4.78, 5) is 0. The summed E-state index contributed by atoms with van der Waals surface area (Å²) in [6.45, 7) is 2.55. The average Bonchev–Trinajstić information content (AvgIpc) is 3.18. The standard InChI is InChI=1S/C15H18N2O2/c1-15(16-17-15)13-9-7-12(8-10-13)5-4-6-14(19-3)11-18-2/h7-10,14H,6,11H2,1-3H3. The average molecular weight is 258 g/mol. The van der Waals surface area contributed by atoms with Gasteiger partial charge in [0, 0.05) is 31.8 Å². The Hall–Kier alpha value is -1.70. The molecular formula is C15H18N2O2. The fourth-order valence-corrected chi connectivity index (χ4v) is 1.72. The first-order valence-electron chi connectivity index (χ1n) is 6.23. The molecule has 0 aromatic heterocycles. The number of rotatable bonds is 5. The summed E-state index contributed by atoms with van der Waals surface area (Å²) in [6.07, 6.45) is 0.689. The zero-order valence-electron chi connectivity index (χ0n) is 11.5. The lowest BCUT2D eigenvalue weighted by Crippen LogP contribution is -2.16. The quantitative estimate of drug-likeness (QED) is 0.762. The molecule has 0 saturated heterocycles. The van der Waals surface area contributed by atoms with E-state index < -0.39 is 0 Å². The van der Waals surface area contributed by atoms with E-state index in [1.165, 1.54) is 0 Å². The van der Waals surface area contributed by atoms with Crippen LogP contribution in [0.5, 0.6) is 0 Å². The maximum atomic E-state index is 5.25. The summed E-state index contributed by atoms with van der Waals surface area (Å²) in [5.41, 5.74) is 1.78. The summed E-state index contributed by atoms with van der Waals surface area (Å²) >= 11 is 0. The highest BCUT2D eigenvalue weighted by atomic mass is 16.5. The number of nitrogens with zero attached hydrogens (tertiary/aromatic N) is 2. The molecule has 1 aliphatic heterocycles. The zero-order valence-corrected chi connectivity index (χ0v) is 11.5. The number of benzene rings is 1. The second-order valence-corrected chi connectivity index (χ2v) is 4.62. The molecular weight excluding hydrogens is 240 g/mol. The first kappa shape index (κ1) is 13.7. The van der Waals surface area contributed by atoms with Crippen LogP contribution in [0, 0.1) is 11.8 Å². The number of methoxy groups -OCH3 is 2. The Morgan fingerprint density at radius 2 is 1.89 bits per heavy atom. The van der Waals surface area contributed by atoms with Crippen molar-refractivity contribution in [1.29, 1.82) is 0 Å². The van der Waals surface area contributed by atoms with Crippen molar-refractivity contribution in [1.82, 2.24) is 0 Å². The van der Waals surface area contributed by atoms with E-state index in [0.29, 0.717) is 13.0 Å². The normalized spacial score (nSPS) is 16.6. The second-order valence-electron chi connectivity index (χ2n) is 4.62. The summed E-state index contributed by atoms with van der Waals surface area (Å²) < 4.78 is 10.3. The van der Waals surface area contributed by atoms with Gasteiger partial charge in [0.05, 0.1) is 12.7 Å². The van der Waals surface area contributed by atoms with Crippen molar-refractivity contribution in [3.63, 3.8) is 0 Å². The molecule has 0 aliphatic carbocycles. The lowest BCUT2D eigenvalue weighted by atomic mass is 10.0. The molecule has 0 amide bonds. The first-order chi connectivity index (χ1) is 9.18. The van der Waals surface area contributed by atoms with E-state index in [1.54, 1.807) is 14.2 Å². The SMILES string of the molecule is COCC(CC#Cc1ccc(C2(C)N=N2)cc1)OC. The monoisotopic (exact) mass is 258 g/mol. The third kappa shape index (κ3) is 3.63. The van der Waals surface area contributed by atoms with E-state index in [4.69, 9.17) is 9.47 Å². The Labute approximate surface area is 113 Å². The van der Waals surface area contributed by atoms with Crippen LogP contribution in [0.25, 0.3) is 0 Å². The van der Waals surface area contributed by atoms with Crippen LogP contribution in [-0.4, -0.2) is 26.9 Å². The smallest absolute Gasteiger partial charge is 0.213 e. The van der Waals surface area contributed by atoms with Gasteiger partial charge in [-0.15, -0.1) is 0 Å². The van der Waals surface area contributed by atoms with Crippen molar-refractivity contribution in [3.05, 3.63) is 35.4 Å². The molecule has 0 radical (unpaired) electrons. The van der Waals surface area contributed by atoms with Crippen molar-refractivity contribution >= 4 is 0 Å². The lowest BCUT2D eigenvalue weighted by molar-refractivity contribution is 0.0318. The molecule has 19 heavy (non-hydrogen) atoms. The van der Waals surface area contributed by atoms with Crippen LogP contribution in [0.3, 0.4) is 0 Å². The Balaban J connectivity index is 1.92. The molecule has 0 bridgehead atoms. The molecule has 0 fully saturated rings. The highest BCUT2D eigenvalue weighted by Gasteiger charge is 2.35. The van der Waals surface area contributed by atoms with E-state index in [2.05, 4.69) is 22.1 Å². The molecule has 0 saturated carbocycles. The van der Waals surface area contributed by atoms with Gasteiger partial charge in [-0.3, -0.25) is 0 Å². The molecule has 1 aliphatic rings. The van der Waals surface area contributed by atoms with E-state index in [1.807, 2.05) is 31.2 Å². The van der Waals surface area contributed by atoms with Gasteiger partial charge in [0.25, 0.3) is 0 Å². The van der Waals surface area contributed by atoms with Crippen molar-refractivity contribution in [2.75, 3.05) is 20.8 Å². The third-order valence-corrected chi connectivity index (χ3v) is 3.08.